The molecule has 6 heteroatoms. The van der Waals surface area contributed by atoms with Crippen LogP contribution in [0, 0.1) is 6.92 Å². The minimum atomic E-state index is -0.909. The fourth-order valence-electron chi connectivity index (χ4n) is 2.25. The van der Waals surface area contributed by atoms with Crippen LogP contribution in [0.5, 0.6) is 5.88 Å². The molecule has 0 spiro atoms. The molecule has 1 heterocycles. The number of aliphatic hydroxyl groups excluding tert-OH is 1. The Hall–Kier alpha value is -1.33. The Morgan fingerprint density at radius 2 is 1.87 bits per heavy atom. The lowest BCUT2D eigenvalue weighted by Gasteiger charge is -2.22. The maximum absolute atomic E-state index is 10.6. The van der Waals surface area contributed by atoms with E-state index in [1.54, 1.807) is 30.5 Å². The highest BCUT2D eigenvalue weighted by molar-refractivity contribution is 6.42. The number of ether oxygens (including phenoxy) is 1. The molecule has 0 radical (unpaired) electrons. The van der Waals surface area contributed by atoms with Crippen molar-refractivity contribution in [2.45, 2.75) is 39.0 Å². The summed E-state index contributed by atoms with van der Waals surface area (Å²) in [5, 5.41) is 11.4. The lowest BCUT2D eigenvalue weighted by atomic mass is 9.95. The van der Waals surface area contributed by atoms with Crippen LogP contribution in [0.15, 0.2) is 30.5 Å². The van der Waals surface area contributed by atoms with E-state index in [-0.39, 0.29) is 6.10 Å². The molecule has 124 valence electrons. The first-order valence-electron chi connectivity index (χ1n) is 7.31. The third-order valence-electron chi connectivity index (χ3n) is 3.47. The molecule has 0 aliphatic carbocycles. The highest BCUT2D eigenvalue weighted by atomic mass is 35.5. The van der Waals surface area contributed by atoms with E-state index in [0.29, 0.717) is 27.1 Å². The van der Waals surface area contributed by atoms with Gasteiger partial charge in [0.1, 0.15) is 0 Å². The van der Waals surface area contributed by atoms with E-state index in [4.69, 9.17) is 33.7 Å². The summed E-state index contributed by atoms with van der Waals surface area (Å²) >= 11 is 11.9. The second-order valence-corrected chi connectivity index (χ2v) is 6.50. The standard InChI is InChI=1S/C17H20Cl2N2O2/c1-9(2)23-15-6-10(3)12(8-21-15)17(22)16(20)11-4-5-13(18)14(19)7-11/h4-9,16-17,22H,20H2,1-3H3. The molecule has 0 aliphatic rings. The van der Waals surface area contributed by atoms with E-state index >= 15 is 0 Å². The van der Waals surface area contributed by atoms with Gasteiger partial charge in [-0.1, -0.05) is 29.3 Å². The summed E-state index contributed by atoms with van der Waals surface area (Å²) in [5.41, 5.74) is 8.38. The van der Waals surface area contributed by atoms with Gasteiger partial charge >= 0.3 is 0 Å². The lowest BCUT2D eigenvalue weighted by molar-refractivity contribution is 0.145. The first kappa shape index (κ1) is 18.0. The lowest BCUT2D eigenvalue weighted by Crippen LogP contribution is -2.20. The number of benzene rings is 1. The van der Waals surface area contributed by atoms with Gasteiger partial charge in [0.05, 0.1) is 28.3 Å². The Balaban J connectivity index is 2.25. The van der Waals surface area contributed by atoms with Gasteiger partial charge in [0.25, 0.3) is 0 Å². The molecule has 0 fully saturated rings. The molecule has 1 aromatic carbocycles. The average molecular weight is 355 g/mol. The summed E-state index contributed by atoms with van der Waals surface area (Å²) in [6, 6.07) is 6.23. The topological polar surface area (TPSA) is 68.4 Å². The molecule has 23 heavy (non-hydrogen) atoms. The van der Waals surface area contributed by atoms with E-state index in [1.807, 2.05) is 20.8 Å². The SMILES string of the molecule is Cc1cc(OC(C)C)ncc1C(O)C(N)c1ccc(Cl)c(Cl)c1. The van der Waals surface area contributed by atoms with Gasteiger partial charge in [-0.15, -0.1) is 0 Å². The molecule has 2 atom stereocenters. The predicted octanol–water partition coefficient (Wildman–Crippen LogP) is 4.22. The Morgan fingerprint density at radius 3 is 2.43 bits per heavy atom. The fraction of sp³-hybridized carbons (Fsp3) is 0.353. The summed E-state index contributed by atoms with van der Waals surface area (Å²) in [6.07, 6.45) is 0.721. The molecule has 0 bridgehead atoms. The highest BCUT2D eigenvalue weighted by Gasteiger charge is 2.22. The van der Waals surface area contributed by atoms with Crippen molar-refractivity contribution in [1.29, 1.82) is 0 Å². The van der Waals surface area contributed by atoms with Crippen LogP contribution in [0.1, 0.15) is 42.7 Å². The Kier molecular flexibility index (Phi) is 5.87. The first-order valence-corrected chi connectivity index (χ1v) is 8.07. The third-order valence-corrected chi connectivity index (χ3v) is 4.21. The summed E-state index contributed by atoms with van der Waals surface area (Å²) in [7, 11) is 0. The quantitative estimate of drug-likeness (QED) is 0.843. The van der Waals surface area contributed by atoms with Crippen LogP contribution in [0.3, 0.4) is 0 Å². The molecule has 3 N–H and O–H groups in total. The largest absolute Gasteiger partial charge is 0.475 e. The highest BCUT2D eigenvalue weighted by Crippen LogP contribution is 2.32. The van der Waals surface area contributed by atoms with Crippen molar-refractivity contribution in [2.75, 3.05) is 0 Å². The van der Waals surface area contributed by atoms with Gasteiger partial charge in [0.2, 0.25) is 5.88 Å². The number of hydrogen-bond donors (Lipinski definition) is 2. The van der Waals surface area contributed by atoms with Gasteiger partial charge < -0.3 is 15.6 Å². The van der Waals surface area contributed by atoms with Gasteiger partial charge in [-0.2, -0.15) is 0 Å². The fourth-order valence-corrected chi connectivity index (χ4v) is 2.56. The zero-order valence-corrected chi connectivity index (χ0v) is 14.8. The van der Waals surface area contributed by atoms with Crippen molar-refractivity contribution in [3.8, 4) is 5.88 Å². The zero-order valence-electron chi connectivity index (χ0n) is 13.3. The molecule has 0 aliphatic heterocycles. The van der Waals surface area contributed by atoms with Crippen LogP contribution in [-0.4, -0.2) is 16.2 Å². The van der Waals surface area contributed by atoms with E-state index in [2.05, 4.69) is 4.98 Å². The number of aliphatic hydroxyl groups is 1. The zero-order chi connectivity index (χ0) is 17.1. The van der Waals surface area contributed by atoms with Gasteiger partial charge in [0.15, 0.2) is 0 Å². The Morgan fingerprint density at radius 1 is 1.17 bits per heavy atom. The normalized spacial score (nSPS) is 13.9. The maximum atomic E-state index is 10.6. The number of aryl methyl sites for hydroxylation is 1. The summed E-state index contributed by atoms with van der Waals surface area (Å²) < 4.78 is 5.55. The molecule has 2 aromatic rings. The predicted molar refractivity (Wildman–Crippen MR) is 93.1 cm³/mol. The smallest absolute Gasteiger partial charge is 0.213 e. The number of halogens is 2. The number of hydrogen-bond acceptors (Lipinski definition) is 4. The number of pyridine rings is 1. The molecule has 0 amide bonds. The van der Waals surface area contributed by atoms with Crippen LogP contribution in [0.2, 0.25) is 10.0 Å². The van der Waals surface area contributed by atoms with Crippen molar-refractivity contribution < 1.29 is 9.84 Å². The van der Waals surface area contributed by atoms with Gasteiger partial charge in [-0.05, 0) is 44.0 Å². The minimum Gasteiger partial charge on any atom is -0.475 e. The van der Waals surface area contributed by atoms with E-state index in [1.165, 1.54) is 0 Å². The third kappa shape index (κ3) is 4.36. The van der Waals surface area contributed by atoms with Gasteiger partial charge in [-0.25, -0.2) is 4.98 Å². The molecular formula is C17H20Cl2N2O2. The molecule has 2 rings (SSSR count). The average Bonchev–Trinajstić information content (AvgIpc) is 2.48. The maximum Gasteiger partial charge on any atom is 0.213 e. The van der Waals surface area contributed by atoms with E-state index < -0.39 is 12.1 Å². The van der Waals surface area contributed by atoms with Crippen molar-refractivity contribution in [2.24, 2.45) is 5.73 Å². The molecule has 0 saturated carbocycles. The van der Waals surface area contributed by atoms with Crippen molar-refractivity contribution >= 4 is 23.2 Å². The molecular weight excluding hydrogens is 335 g/mol. The minimum absolute atomic E-state index is 0.0381. The number of nitrogens with zero attached hydrogens (tertiary/aromatic N) is 1. The number of aromatic nitrogens is 1. The van der Waals surface area contributed by atoms with Crippen molar-refractivity contribution in [1.82, 2.24) is 4.98 Å². The number of nitrogens with two attached hydrogens (primary N) is 1. The van der Waals surface area contributed by atoms with Crippen LogP contribution in [-0.2, 0) is 0 Å². The van der Waals surface area contributed by atoms with Crippen LogP contribution in [0.25, 0.3) is 0 Å². The summed E-state index contributed by atoms with van der Waals surface area (Å²) in [5.74, 6) is 0.525. The van der Waals surface area contributed by atoms with Crippen LogP contribution in [0.4, 0.5) is 0 Å². The van der Waals surface area contributed by atoms with E-state index in [9.17, 15) is 5.11 Å². The monoisotopic (exact) mass is 354 g/mol. The second-order valence-electron chi connectivity index (χ2n) is 5.69. The molecule has 0 saturated heterocycles. The van der Waals surface area contributed by atoms with E-state index in [0.717, 1.165) is 5.56 Å². The summed E-state index contributed by atoms with van der Waals surface area (Å²) in [6.45, 7) is 5.74. The van der Waals surface area contributed by atoms with Gasteiger partial charge in [-0.3, -0.25) is 0 Å². The number of rotatable bonds is 5. The van der Waals surface area contributed by atoms with Gasteiger partial charge in [0, 0.05) is 17.8 Å². The molecule has 1 aromatic heterocycles. The second kappa shape index (κ2) is 7.49. The van der Waals surface area contributed by atoms with Crippen molar-refractivity contribution in [3.05, 3.63) is 57.2 Å². The first-order chi connectivity index (χ1) is 10.8. The van der Waals surface area contributed by atoms with Crippen molar-refractivity contribution in [3.63, 3.8) is 0 Å². The van der Waals surface area contributed by atoms with Crippen LogP contribution >= 0.6 is 23.2 Å². The van der Waals surface area contributed by atoms with Crippen LogP contribution < -0.4 is 10.5 Å². The molecule has 2 unspecified atom stereocenters. The summed E-state index contributed by atoms with van der Waals surface area (Å²) in [4.78, 5) is 4.22. The Labute approximate surface area is 146 Å². The Bertz CT molecular complexity index is 692. The molecule has 4 nitrogen and oxygen atoms in total.